The summed E-state index contributed by atoms with van der Waals surface area (Å²) in [5, 5.41) is 2.78. The Morgan fingerprint density at radius 3 is 2.65 bits per heavy atom. The Kier molecular flexibility index (Phi) is 5.54. The number of urea groups is 1. The lowest BCUT2D eigenvalue weighted by Gasteiger charge is -2.23. The third-order valence-electron chi connectivity index (χ3n) is 5.44. The highest BCUT2D eigenvalue weighted by atomic mass is 16.5. The van der Waals surface area contributed by atoms with Crippen LogP contribution in [0.15, 0.2) is 42.5 Å². The molecule has 3 amide bonds. The molecule has 0 spiro atoms. The maximum absolute atomic E-state index is 13.2. The highest BCUT2D eigenvalue weighted by Gasteiger charge is 2.49. The van der Waals surface area contributed by atoms with Crippen LogP contribution in [0.5, 0.6) is 17.2 Å². The molecule has 1 fully saturated rings. The zero-order valence-corrected chi connectivity index (χ0v) is 17.5. The van der Waals surface area contributed by atoms with Gasteiger partial charge in [0.05, 0.1) is 25.3 Å². The normalized spacial score (nSPS) is 20.3. The van der Waals surface area contributed by atoms with Gasteiger partial charge in [-0.2, -0.15) is 0 Å². The Balaban J connectivity index is 1.47. The maximum Gasteiger partial charge on any atom is 0.325 e. The van der Waals surface area contributed by atoms with Crippen LogP contribution in [0.2, 0.25) is 0 Å². The summed E-state index contributed by atoms with van der Waals surface area (Å²) in [6.07, 6.45) is 0.775. The summed E-state index contributed by atoms with van der Waals surface area (Å²) < 4.78 is 17.0. The average molecular weight is 424 g/mol. The number of carbonyl (C=O) groups excluding carboxylic acids is 3. The van der Waals surface area contributed by atoms with Crippen molar-refractivity contribution >= 4 is 17.7 Å². The molecular weight excluding hydrogens is 400 g/mol. The van der Waals surface area contributed by atoms with Crippen LogP contribution in [-0.4, -0.2) is 49.0 Å². The lowest BCUT2D eigenvalue weighted by atomic mass is 9.91. The van der Waals surface area contributed by atoms with Gasteiger partial charge < -0.3 is 19.5 Å². The number of ketones is 1. The van der Waals surface area contributed by atoms with Gasteiger partial charge in [-0.1, -0.05) is 18.2 Å². The second kappa shape index (κ2) is 8.29. The smallest absolute Gasteiger partial charge is 0.325 e. The van der Waals surface area contributed by atoms with Crippen molar-refractivity contribution in [2.45, 2.75) is 25.8 Å². The third-order valence-corrected chi connectivity index (χ3v) is 5.44. The molecule has 2 aliphatic rings. The minimum Gasteiger partial charge on any atom is -0.491 e. The lowest BCUT2D eigenvalue weighted by molar-refractivity contribution is -0.131. The number of nitrogens with one attached hydrogen (secondary N) is 1. The number of hydrogen-bond acceptors (Lipinski definition) is 6. The number of Topliss-reactive ketones (excluding diaryl/α,β-unsaturated/α-hetero) is 1. The molecule has 0 saturated carbocycles. The van der Waals surface area contributed by atoms with Crippen LogP contribution in [0.25, 0.3) is 0 Å². The fraction of sp³-hybridized carbons (Fsp3) is 0.348. The van der Waals surface area contributed by atoms with Crippen molar-refractivity contribution in [1.82, 2.24) is 10.2 Å². The predicted octanol–water partition coefficient (Wildman–Crippen LogP) is 2.90. The van der Waals surface area contributed by atoms with Gasteiger partial charge in [-0.25, -0.2) is 4.79 Å². The van der Waals surface area contributed by atoms with Gasteiger partial charge in [0.1, 0.15) is 17.9 Å². The molecule has 1 saturated heterocycles. The number of nitrogens with zero attached hydrogens (tertiary/aromatic N) is 1. The molecule has 2 aliphatic heterocycles. The molecule has 0 aromatic heterocycles. The van der Waals surface area contributed by atoms with Crippen molar-refractivity contribution in [2.24, 2.45) is 0 Å². The van der Waals surface area contributed by atoms with Gasteiger partial charge in [0.25, 0.3) is 5.91 Å². The summed E-state index contributed by atoms with van der Waals surface area (Å²) in [5.74, 6) is 1.10. The number of benzene rings is 2. The van der Waals surface area contributed by atoms with Crippen LogP contribution < -0.4 is 19.5 Å². The van der Waals surface area contributed by atoms with E-state index >= 15 is 0 Å². The zero-order valence-electron chi connectivity index (χ0n) is 17.5. The number of fused-ring (bicyclic) bond motifs is 1. The lowest BCUT2D eigenvalue weighted by Crippen LogP contribution is -2.41. The van der Waals surface area contributed by atoms with Crippen molar-refractivity contribution < 1.29 is 28.6 Å². The molecule has 0 radical (unpaired) electrons. The van der Waals surface area contributed by atoms with Crippen LogP contribution in [0.1, 0.15) is 36.2 Å². The van der Waals surface area contributed by atoms with Crippen molar-refractivity contribution in [2.75, 3.05) is 26.4 Å². The fourth-order valence-corrected chi connectivity index (χ4v) is 3.70. The van der Waals surface area contributed by atoms with Crippen molar-refractivity contribution in [3.63, 3.8) is 0 Å². The monoisotopic (exact) mass is 424 g/mol. The molecule has 0 bridgehead atoms. The number of amides is 3. The van der Waals surface area contributed by atoms with E-state index in [1.807, 2.05) is 0 Å². The standard InChI is InChI=1S/C23H24N2O6/c1-15(26)17-6-3-4-7-18(17)31-13-10-25-21(27)23(2,24-22(25)28)16-8-9-19-20(14-16)30-12-5-11-29-19/h3-4,6-9,14H,5,10-13H2,1-2H3,(H,24,28)/t23-/m0/s1. The predicted molar refractivity (Wildman–Crippen MR) is 112 cm³/mol. The first-order chi connectivity index (χ1) is 14.9. The highest BCUT2D eigenvalue weighted by Crippen LogP contribution is 2.36. The van der Waals surface area contributed by atoms with Gasteiger partial charge in [-0.3, -0.25) is 14.5 Å². The number of imide groups is 1. The van der Waals surface area contributed by atoms with Crippen molar-refractivity contribution in [3.05, 3.63) is 53.6 Å². The SMILES string of the molecule is CC(=O)c1ccccc1OCCN1C(=O)N[C@@](C)(c2ccc3c(c2)OCCCO3)C1=O. The molecule has 0 unspecified atom stereocenters. The van der Waals surface area contributed by atoms with Gasteiger partial charge in [-0.05, 0) is 43.7 Å². The number of ether oxygens (including phenoxy) is 3. The summed E-state index contributed by atoms with van der Waals surface area (Å²) in [5.41, 5.74) is -0.156. The molecule has 2 heterocycles. The first-order valence-corrected chi connectivity index (χ1v) is 10.2. The van der Waals surface area contributed by atoms with E-state index < -0.39 is 11.6 Å². The Hall–Kier alpha value is -3.55. The van der Waals surface area contributed by atoms with E-state index in [2.05, 4.69) is 5.32 Å². The minimum atomic E-state index is -1.22. The second-order valence-electron chi connectivity index (χ2n) is 7.62. The van der Waals surface area contributed by atoms with Crippen LogP contribution >= 0.6 is 0 Å². The molecule has 31 heavy (non-hydrogen) atoms. The van der Waals surface area contributed by atoms with Crippen LogP contribution in [0, 0.1) is 0 Å². The highest BCUT2D eigenvalue weighted by molar-refractivity contribution is 6.07. The van der Waals surface area contributed by atoms with Gasteiger partial charge in [0.2, 0.25) is 0 Å². The van der Waals surface area contributed by atoms with E-state index in [4.69, 9.17) is 14.2 Å². The summed E-state index contributed by atoms with van der Waals surface area (Å²) >= 11 is 0. The molecule has 0 aliphatic carbocycles. The summed E-state index contributed by atoms with van der Waals surface area (Å²) in [6, 6.07) is 11.6. The van der Waals surface area contributed by atoms with E-state index in [9.17, 15) is 14.4 Å². The van der Waals surface area contributed by atoms with Crippen LogP contribution in [-0.2, 0) is 10.3 Å². The second-order valence-corrected chi connectivity index (χ2v) is 7.62. The van der Waals surface area contributed by atoms with Crippen LogP contribution in [0.4, 0.5) is 4.79 Å². The largest absolute Gasteiger partial charge is 0.491 e. The van der Waals surface area contributed by atoms with E-state index in [1.165, 1.54) is 6.92 Å². The summed E-state index contributed by atoms with van der Waals surface area (Å²) in [4.78, 5) is 38.6. The Morgan fingerprint density at radius 2 is 1.87 bits per heavy atom. The molecular formula is C23H24N2O6. The molecule has 162 valence electrons. The molecule has 2 aromatic carbocycles. The average Bonchev–Trinajstić information content (AvgIpc) is 2.92. The fourth-order valence-electron chi connectivity index (χ4n) is 3.70. The molecule has 2 aromatic rings. The van der Waals surface area contributed by atoms with E-state index in [0.29, 0.717) is 41.6 Å². The molecule has 4 rings (SSSR count). The van der Waals surface area contributed by atoms with Gasteiger partial charge in [0.15, 0.2) is 17.3 Å². The summed E-state index contributed by atoms with van der Waals surface area (Å²) in [6.45, 7) is 4.34. The quantitative estimate of drug-likeness (QED) is 0.566. The number of hydrogen-bond donors (Lipinski definition) is 1. The van der Waals surface area contributed by atoms with E-state index in [0.717, 1.165) is 11.3 Å². The Morgan fingerprint density at radius 1 is 1.13 bits per heavy atom. The first-order valence-electron chi connectivity index (χ1n) is 10.2. The Bertz CT molecular complexity index is 1040. The molecule has 1 N–H and O–H groups in total. The van der Waals surface area contributed by atoms with Crippen LogP contribution in [0.3, 0.4) is 0 Å². The summed E-state index contributed by atoms with van der Waals surface area (Å²) in [7, 11) is 0. The number of carbonyl (C=O) groups is 3. The van der Waals surface area contributed by atoms with Gasteiger partial charge >= 0.3 is 6.03 Å². The van der Waals surface area contributed by atoms with Gasteiger partial charge in [0, 0.05) is 6.42 Å². The topological polar surface area (TPSA) is 94.2 Å². The number of rotatable bonds is 6. The zero-order chi connectivity index (χ0) is 22.0. The van der Waals surface area contributed by atoms with E-state index in [-0.39, 0.29) is 24.8 Å². The molecule has 1 atom stereocenters. The Labute approximate surface area is 180 Å². The molecule has 8 heteroatoms. The van der Waals surface area contributed by atoms with Crippen molar-refractivity contribution in [3.8, 4) is 17.2 Å². The van der Waals surface area contributed by atoms with E-state index in [1.54, 1.807) is 49.4 Å². The number of para-hydroxylation sites is 1. The van der Waals surface area contributed by atoms with Gasteiger partial charge in [-0.15, -0.1) is 0 Å². The molecule has 8 nitrogen and oxygen atoms in total. The maximum atomic E-state index is 13.2. The first kappa shape index (κ1) is 20.7. The third kappa shape index (κ3) is 3.93. The minimum absolute atomic E-state index is 0.0526. The van der Waals surface area contributed by atoms with Crippen molar-refractivity contribution in [1.29, 1.82) is 0 Å².